The van der Waals surface area contributed by atoms with Crippen LogP contribution in [0.2, 0.25) is 0 Å². The Morgan fingerprint density at radius 3 is 2.70 bits per heavy atom. The Bertz CT molecular complexity index is 964. The van der Waals surface area contributed by atoms with Gasteiger partial charge < -0.3 is 16.2 Å². The van der Waals surface area contributed by atoms with E-state index in [-0.39, 0.29) is 29.6 Å². The maximum Gasteiger partial charge on any atom is 0.186 e. The molecule has 0 amide bonds. The zero-order valence-corrected chi connectivity index (χ0v) is 14.8. The number of nitrogens with two attached hydrogens (primary N) is 2. The third-order valence-corrected chi connectivity index (χ3v) is 4.40. The Kier molecular flexibility index (Phi) is 5.21. The SMILES string of the molecule is COc1cc(F)cc(F)c1C1=CCCc2ccc(C(=O)CN=C(N)N)cc21. The maximum absolute atomic E-state index is 14.6. The van der Waals surface area contributed by atoms with Crippen molar-refractivity contribution in [3.63, 3.8) is 0 Å². The van der Waals surface area contributed by atoms with Gasteiger partial charge in [-0.1, -0.05) is 18.2 Å². The largest absolute Gasteiger partial charge is 0.496 e. The van der Waals surface area contributed by atoms with Gasteiger partial charge in [0.15, 0.2) is 11.7 Å². The monoisotopic (exact) mass is 371 g/mol. The molecule has 0 aliphatic heterocycles. The van der Waals surface area contributed by atoms with Crippen LogP contribution in [0.5, 0.6) is 5.75 Å². The molecular weight excluding hydrogens is 352 g/mol. The number of aliphatic imine (C=N–C) groups is 1. The molecule has 2 aromatic carbocycles. The summed E-state index contributed by atoms with van der Waals surface area (Å²) in [5.41, 5.74) is 13.4. The second-order valence-corrected chi connectivity index (χ2v) is 6.16. The number of ketones is 1. The molecule has 4 N–H and O–H groups in total. The fraction of sp³-hybridized carbons (Fsp3) is 0.200. The molecule has 0 fully saturated rings. The van der Waals surface area contributed by atoms with Crippen LogP contribution < -0.4 is 16.2 Å². The fourth-order valence-corrected chi connectivity index (χ4v) is 3.16. The van der Waals surface area contributed by atoms with E-state index in [0.717, 1.165) is 24.1 Å². The van der Waals surface area contributed by atoms with E-state index in [1.807, 2.05) is 12.1 Å². The summed E-state index contributed by atoms with van der Waals surface area (Å²) in [7, 11) is 1.36. The average molecular weight is 371 g/mol. The molecule has 2 aromatic rings. The molecule has 0 atom stereocenters. The summed E-state index contributed by atoms with van der Waals surface area (Å²) >= 11 is 0. The first-order valence-electron chi connectivity index (χ1n) is 8.36. The van der Waals surface area contributed by atoms with Crippen LogP contribution in [-0.4, -0.2) is 25.4 Å². The second kappa shape index (κ2) is 7.57. The number of aryl methyl sites for hydroxylation is 1. The van der Waals surface area contributed by atoms with Crippen LogP contribution in [0, 0.1) is 11.6 Å². The minimum Gasteiger partial charge on any atom is -0.496 e. The molecule has 0 spiro atoms. The summed E-state index contributed by atoms with van der Waals surface area (Å²) in [6.07, 6.45) is 3.32. The third kappa shape index (κ3) is 3.81. The van der Waals surface area contributed by atoms with Gasteiger partial charge in [-0.15, -0.1) is 0 Å². The van der Waals surface area contributed by atoms with Gasteiger partial charge in [0.25, 0.3) is 0 Å². The Morgan fingerprint density at radius 2 is 2.00 bits per heavy atom. The second-order valence-electron chi connectivity index (χ2n) is 6.16. The lowest BCUT2D eigenvalue weighted by atomic mass is 9.85. The van der Waals surface area contributed by atoms with Crippen molar-refractivity contribution in [2.75, 3.05) is 13.7 Å². The predicted molar refractivity (Wildman–Crippen MR) is 99.8 cm³/mol. The smallest absolute Gasteiger partial charge is 0.186 e. The summed E-state index contributed by atoms with van der Waals surface area (Å²) < 4.78 is 33.3. The van der Waals surface area contributed by atoms with Crippen molar-refractivity contribution in [1.82, 2.24) is 0 Å². The number of halogens is 2. The molecule has 1 aliphatic rings. The summed E-state index contributed by atoms with van der Waals surface area (Å²) in [5.74, 6) is -1.76. The first kappa shape index (κ1) is 18.6. The Balaban J connectivity index is 2.08. The van der Waals surface area contributed by atoms with E-state index in [9.17, 15) is 13.6 Å². The van der Waals surface area contributed by atoms with E-state index in [1.54, 1.807) is 12.1 Å². The van der Waals surface area contributed by atoms with E-state index in [4.69, 9.17) is 16.2 Å². The van der Waals surface area contributed by atoms with E-state index in [0.29, 0.717) is 23.1 Å². The fourth-order valence-electron chi connectivity index (χ4n) is 3.16. The molecule has 1 aliphatic carbocycles. The van der Waals surface area contributed by atoms with Gasteiger partial charge in [-0.25, -0.2) is 13.8 Å². The van der Waals surface area contributed by atoms with Gasteiger partial charge in [-0.2, -0.15) is 0 Å². The van der Waals surface area contributed by atoms with Crippen LogP contribution in [0.25, 0.3) is 5.57 Å². The molecule has 140 valence electrons. The van der Waals surface area contributed by atoms with Crippen molar-refractivity contribution in [3.8, 4) is 5.75 Å². The number of hydrogen-bond acceptors (Lipinski definition) is 3. The number of fused-ring (bicyclic) bond motifs is 1. The number of Topliss-reactive ketones (excluding diaryl/α,β-unsaturated/α-hetero) is 1. The van der Waals surface area contributed by atoms with Gasteiger partial charge in [0.2, 0.25) is 0 Å². The van der Waals surface area contributed by atoms with Crippen molar-refractivity contribution < 1.29 is 18.3 Å². The lowest BCUT2D eigenvalue weighted by Gasteiger charge is -2.21. The maximum atomic E-state index is 14.6. The highest BCUT2D eigenvalue weighted by molar-refractivity contribution is 6.00. The van der Waals surface area contributed by atoms with E-state index in [1.165, 1.54) is 7.11 Å². The molecule has 27 heavy (non-hydrogen) atoms. The highest BCUT2D eigenvalue weighted by atomic mass is 19.1. The number of rotatable bonds is 5. The van der Waals surface area contributed by atoms with Crippen molar-refractivity contribution in [2.45, 2.75) is 12.8 Å². The number of methoxy groups -OCH3 is 1. The summed E-state index contributed by atoms with van der Waals surface area (Å²) in [5, 5.41) is 0. The van der Waals surface area contributed by atoms with Crippen molar-refractivity contribution in [2.24, 2.45) is 16.5 Å². The Hall–Kier alpha value is -3.22. The lowest BCUT2D eigenvalue weighted by Crippen LogP contribution is -2.24. The topological polar surface area (TPSA) is 90.7 Å². The first-order valence-corrected chi connectivity index (χ1v) is 8.36. The molecule has 3 rings (SSSR count). The predicted octanol–water partition coefficient (Wildman–Crippen LogP) is 2.81. The molecule has 0 saturated heterocycles. The molecule has 0 bridgehead atoms. The number of hydrogen-bond donors (Lipinski definition) is 2. The van der Waals surface area contributed by atoms with Gasteiger partial charge in [0, 0.05) is 17.7 Å². The van der Waals surface area contributed by atoms with Crippen molar-refractivity contribution in [1.29, 1.82) is 0 Å². The van der Waals surface area contributed by atoms with Crippen LogP contribution in [0.1, 0.15) is 33.5 Å². The van der Waals surface area contributed by atoms with Crippen LogP contribution in [0.4, 0.5) is 8.78 Å². The number of carbonyl (C=O) groups is 1. The summed E-state index contributed by atoms with van der Waals surface area (Å²) in [6.45, 7) is -0.172. The minimum absolute atomic E-state index is 0.101. The molecule has 5 nitrogen and oxygen atoms in total. The van der Waals surface area contributed by atoms with Crippen LogP contribution in [-0.2, 0) is 6.42 Å². The molecule has 7 heteroatoms. The summed E-state index contributed by atoms with van der Waals surface area (Å²) in [4.78, 5) is 16.1. The highest BCUT2D eigenvalue weighted by Gasteiger charge is 2.23. The van der Waals surface area contributed by atoms with E-state index >= 15 is 0 Å². The van der Waals surface area contributed by atoms with Gasteiger partial charge in [0.1, 0.15) is 23.9 Å². The van der Waals surface area contributed by atoms with Crippen molar-refractivity contribution >= 4 is 17.3 Å². The van der Waals surface area contributed by atoms with Crippen LogP contribution in [0.3, 0.4) is 0 Å². The number of carbonyl (C=O) groups excluding carboxylic acids is 1. The van der Waals surface area contributed by atoms with Crippen molar-refractivity contribution in [3.05, 3.63) is 70.3 Å². The van der Waals surface area contributed by atoms with E-state index in [2.05, 4.69) is 4.99 Å². The number of allylic oxidation sites excluding steroid dienone is 1. The van der Waals surface area contributed by atoms with Gasteiger partial charge in [0.05, 0.1) is 12.7 Å². The zero-order valence-electron chi connectivity index (χ0n) is 14.8. The standard InChI is InChI=1S/C20H19F2N3O2/c1-27-18-9-13(21)8-16(22)19(18)14-4-2-3-11-5-6-12(7-15(11)14)17(26)10-25-20(23)24/h4-9H,2-3,10H2,1H3,(H4,23,24,25). The molecule has 0 radical (unpaired) electrons. The third-order valence-electron chi connectivity index (χ3n) is 4.40. The minimum atomic E-state index is -0.719. The summed E-state index contributed by atoms with van der Waals surface area (Å²) in [6, 6.07) is 7.18. The normalized spacial score (nSPS) is 12.8. The number of ether oxygens (including phenoxy) is 1. The van der Waals surface area contributed by atoms with Crippen LogP contribution in [0.15, 0.2) is 41.4 Å². The lowest BCUT2D eigenvalue weighted by molar-refractivity contribution is 0.100. The Labute approximate surface area is 155 Å². The molecule has 0 heterocycles. The van der Waals surface area contributed by atoms with Crippen LogP contribution >= 0.6 is 0 Å². The number of guanidine groups is 1. The molecule has 0 saturated carbocycles. The van der Waals surface area contributed by atoms with Gasteiger partial charge in [-0.05, 0) is 35.6 Å². The van der Waals surface area contributed by atoms with E-state index < -0.39 is 11.6 Å². The molecular formula is C20H19F2N3O2. The quantitative estimate of drug-likeness (QED) is 0.480. The molecule has 0 aromatic heterocycles. The Morgan fingerprint density at radius 1 is 1.22 bits per heavy atom. The van der Waals surface area contributed by atoms with Gasteiger partial charge >= 0.3 is 0 Å². The highest BCUT2D eigenvalue weighted by Crippen LogP contribution is 2.38. The zero-order chi connectivity index (χ0) is 19.6. The average Bonchev–Trinajstić information content (AvgIpc) is 2.64. The van der Waals surface area contributed by atoms with Gasteiger partial charge in [-0.3, -0.25) is 4.79 Å². The number of nitrogens with zero attached hydrogens (tertiary/aromatic N) is 1. The number of benzene rings is 2. The first-order chi connectivity index (χ1) is 12.9. The molecule has 0 unspecified atom stereocenters.